The van der Waals surface area contributed by atoms with Crippen LogP contribution in [0.15, 0.2) is 24.3 Å². The Labute approximate surface area is 98.1 Å². The standard InChI is InChI=1S/C11H13ClF2N2/c1-6(2)3-11(16-15)7-4-10(14)8(12)5-9(7)13/h4-5,11,16H,1,3,15H2,2H3. The van der Waals surface area contributed by atoms with Gasteiger partial charge in [-0.15, -0.1) is 6.58 Å². The molecule has 3 N–H and O–H groups in total. The van der Waals surface area contributed by atoms with Gasteiger partial charge < -0.3 is 0 Å². The summed E-state index contributed by atoms with van der Waals surface area (Å²) in [6, 6.07) is 1.48. The van der Waals surface area contributed by atoms with Crippen molar-refractivity contribution < 1.29 is 8.78 Å². The van der Waals surface area contributed by atoms with E-state index in [1.165, 1.54) is 0 Å². The van der Waals surface area contributed by atoms with Gasteiger partial charge in [0.2, 0.25) is 0 Å². The summed E-state index contributed by atoms with van der Waals surface area (Å²) in [5, 5.41) is -0.243. The van der Waals surface area contributed by atoms with Crippen LogP contribution in [0.5, 0.6) is 0 Å². The van der Waals surface area contributed by atoms with Crippen molar-refractivity contribution in [3.63, 3.8) is 0 Å². The zero-order chi connectivity index (χ0) is 12.3. The van der Waals surface area contributed by atoms with Crippen LogP contribution in [0.2, 0.25) is 5.02 Å². The molecule has 0 spiro atoms. The molecule has 0 bridgehead atoms. The third kappa shape index (κ3) is 3.01. The van der Waals surface area contributed by atoms with Crippen molar-refractivity contribution in [2.45, 2.75) is 19.4 Å². The average molecular weight is 247 g/mol. The molecule has 0 radical (unpaired) electrons. The molecule has 0 heterocycles. The first-order chi connectivity index (χ1) is 7.45. The van der Waals surface area contributed by atoms with Crippen molar-refractivity contribution in [3.05, 3.63) is 46.5 Å². The van der Waals surface area contributed by atoms with Crippen LogP contribution in [-0.4, -0.2) is 0 Å². The lowest BCUT2D eigenvalue weighted by molar-refractivity contribution is 0.502. The Morgan fingerprint density at radius 2 is 2.12 bits per heavy atom. The number of hydrogen-bond donors (Lipinski definition) is 2. The summed E-state index contributed by atoms with van der Waals surface area (Å²) < 4.78 is 26.7. The smallest absolute Gasteiger partial charge is 0.142 e. The third-order valence-electron chi connectivity index (χ3n) is 2.17. The van der Waals surface area contributed by atoms with Gasteiger partial charge in [-0.05, 0) is 25.5 Å². The zero-order valence-corrected chi connectivity index (χ0v) is 9.61. The Bertz CT molecular complexity index is 407. The second kappa shape index (κ2) is 5.39. The van der Waals surface area contributed by atoms with E-state index in [2.05, 4.69) is 12.0 Å². The normalized spacial score (nSPS) is 12.6. The van der Waals surface area contributed by atoms with Gasteiger partial charge in [-0.25, -0.2) is 8.78 Å². The number of halogens is 3. The fourth-order valence-electron chi connectivity index (χ4n) is 1.41. The lowest BCUT2D eigenvalue weighted by Crippen LogP contribution is -2.29. The Balaban J connectivity index is 3.09. The monoisotopic (exact) mass is 246 g/mol. The van der Waals surface area contributed by atoms with Crippen LogP contribution in [0.3, 0.4) is 0 Å². The van der Waals surface area contributed by atoms with Crippen LogP contribution in [0.25, 0.3) is 0 Å². The quantitative estimate of drug-likeness (QED) is 0.371. The molecule has 88 valence electrons. The fraction of sp³-hybridized carbons (Fsp3) is 0.273. The summed E-state index contributed by atoms with van der Waals surface area (Å²) in [7, 11) is 0. The van der Waals surface area contributed by atoms with Crippen LogP contribution >= 0.6 is 11.6 Å². The molecule has 1 rings (SSSR count). The van der Waals surface area contributed by atoms with Crippen LogP contribution in [0, 0.1) is 11.6 Å². The van der Waals surface area contributed by atoms with Gasteiger partial charge in [0.05, 0.1) is 11.1 Å². The maximum Gasteiger partial charge on any atom is 0.142 e. The van der Waals surface area contributed by atoms with E-state index in [9.17, 15) is 8.78 Å². The number of nitrogens with one attached hydrogen (secondary N) is 1. The van der Waals surface area contributed by atoms with Crippen LogP contribution < -0.4 is 11.3 Å². The van der Waals surface area contributed by atoms with Crippen molar-refractivity contribution in [2.75, 3.05) is 0 Å². The van der Waals surface area contributed by atoms with Crippen LogP contribution in [-0.2, 0) is 0 Å². The molecule has 5 heteroatoms. The minimum Gasteiger partial charge on any atom is -0.271 e. The fourth-order valence-corrected chi connectivity index (χ4v) is 1.56. The lowest BCUT2D eigenvalue weighted by atomic mass is 10.0. The van der Waals surface area contributed by atoms with Gasteiger partial charge >= 0.3 is 0 Å². The molecule has 16 heavy (non-hydrogen) atoms. The molecule has 0 aromatic heterocycles. The molecule has 1 unspecified atom stereocenters. The third-order valence-corrected chi connectivity index (χ3v) is 2.46. The second-order valence-electron chi connectivity index (χ2n) is 3.67. The van der Waals surface area contributed by atoms with E-state index in [1.807, 2.05) is 0 Å². The van der Waals surface area contributed by atoms with Crippen molar-refractivity contribution in [3.8, 4) is 0 Å². The molecule has 0 aliphatic carbocycles. The van der Waals surface area contributed by atoms with Crippen molar-refractivity contribution in [1.29, 1.82) is 0 Å². The predicted molar refractivity (Wildman–Crippen MR) is 60.9 cm³/mol. The number of hydrogen-bond acceptors (Lipinski definition) is 2. The lowest BCUT2D eigenvalue weighted by Gasteiger charge is -2.17. The maximum absolute atomic E-state index is 13.5. The molecule has 0 saturated carbocycles. The number of benzene rings is 1. The van der Waals surface area contributed by atoms with E-state index in [1.54, 1.807) is 6.92 Å². The molecule has 0 amide bonds. The van der Waals surface area contributed by atoms with Gasteiger partial charge in [-0.3, -0.25) is 11.3 Å². The van der Waals surface area contributed by atoms with E-state index >= 15 is 0 Å². The average Bonchev–Trinajstić information content (AvgIpc) is 2.20. The van der Waals surface area contributed by atoms with Gasteiger partial charge in [0.25, 0.3) is 0 Å². The SMILES string of the molecule is C=C(C)CC(NN)c1cc(F)c(Cl)cc1F. The molecule has 0 aliphatic rings. The highest BCUT2D eigenvalue weighted by molar-refractivity contribution is 6.30. The Kier molecular flexibility index (Phi) is 4.41. The molecule has 0 aliphatic heterocycles. The number of nitrogens with two attached hydrogens (primary N) is 1. The minimum absolute atomic E-state index is 0.146. The molecule has 0 saturated heterocycles. The summed E-state index contributed by atoms with van der Waals surface area (Å²) in [5.41, 5.74) is 3.39. The highest BCUT2D eigenvalue weighted by Gasteiger charge is 2.17. The van der Waals surface area contributed by atoms with E-state index in [-0.39, 0.29) is 10.6 Å². The van der Waals surface area contributed by atoms with Gasteiger partial charge in [0.15, 0.2) is 0 Å². The van der Waals surface area contributed by atoms with Crippen LogP contribution in [0.1, 0.15) is 24.9 Å². The molecule has 0 fully saturated rings. The van der Waals surface area contributed by atoms with Crippen molar-refractivity contribution in [1.82, 2.24) is 5.43 Å². The highest BCUT2D eigenvalue weighted by atomic mass is 35.5. The van der Waals surface area contributed by atoms with E-state index < -0.39 is 17.7 Å². The molecule has 1 aromatic rings. The highest BCUT2D eigenvalue weighted by Crippen LogP contribution is 2.26. The van der Waals surface area contributed by atoms with Gasteiger partial charge in [0.1, 0.15) is 11.6 Å². The van der Waals surface area contributed by atoms with Gasteiger partial charge in [-0.2, -0.15) is 0 Å². The topological polar surface area (TPSA) is 38.0 Å². The number of rotatable bonds is 4. The number of hydrazine groups is 1. The molecule has 1 atom stereocenters. The molecular weight excluding hydrogens is 234 g/mol. The second-order valence-corrected chi connectivity index (χ2v) is 4.08. The Hall–Kier alpha value is -0.970. The van der Waals surface area contributed by atoms with E-state index in [0.29, 0.717) is 6.42 Å². The summed E-state index contributed by atoms with van der Waals surface area (Å²) in [5.74, 6) is 4.04. The first-order valence-electron chi connectivity index (χ1n) is 4.70. The molecule has 2 nitrogen and oxygen atoms in total. The Morgan fingerprint density at radius 1 is 1.50 bits per heavy atom. The minimum atomic E-state index is -0.667. The summed E-state index contributed by atoms with van der Waals surface area (Å²) >= 11 is 5.46. The summed E-state index contributed by atoms with van der Waals surface area (Å²) in [6.45, 7) is 5.49. The largest absolute Gasteiger partial charge is 0.271 e. The maximum atomic E-state index is 13.5. The summed E-state index contributed by atoms with van der Waals surface area (Å²) in [6.07, 6.45) is 0.425. The molecule has 1 aromatic carbocycles. The van der Waals surface area contributed by atoms with Crippen molar-refractivity contribution >= 4 is 11.6 Å². The first-order valence-corrected chi connectivity index (χ1v) is 5.08. The Morgan fingerprint density at radius 3 is 2.62 bits per heavy atom. The van der Waals surface area contributed by atoms with Gasteiger partial charge in [0, 0.05) is 5.56 Å². The first kappa shape index (κ1) is 13.1. The summed E-state index contributed by atoms with van der Waals surface area (Å²) in [4.78, 5) is 0. The predicted octanol–water partition coefficient (Wildman–Crippen LogP) is 3.09. The van der Waals surface area contributed by atoms with E-state index in [0.717, 1.165) is 17.7 Å². The molecular formula is C11H13ClF2N2. The van der Waals surface area contributed by atoms with Crippen molar-refractivity contribution in [2.24, 2.45) is 5.84 Å². The van der Waals surface area contributed by atoms with E-state index in [4.69, 9.17) is 17.4 Å². The van der Waals surface area contributed by atoms with Crippen LogP contribution in [0.4, 0.5) is 8.78 Å². The zero-order valence-electron chi connectivity index (χ0n) is 8.86. The van der Waals surface area contributed by atoms with Gasteiger partial charge in [-0.1, -0.05) is 17.2 Å².